The van der Waals surface area contributed by atoms with Crippen molar-refractivity contribution >= 4 is 52.2 Å². The number of carbonyl (C=O) groups excluding carboxylic acids is 2. The quantitative estimate of drug-likeness (QED) is 0.537. The van der Waals surface area contributed by atoms with Crippen LogP contribution in [0.25, 0.3) is 0 Å². The van der Waals surface area contributed by atoms with Gasteiger partial charge in [-0.15, -0.1) is 11.3 Å². The second kappa shape index (κ2) is 11.1. The zero-order chi connectivity index (χ0) is 23.4. The lowest BCUT2D eigenvalue weighted by Crippen LogP contribution is -2.53. The van der Waals surface area contributed by atoms with E-state index < -0.39 is 0 Å². The fourth-order valence-corrected chi connectivity index (χ4v) is 6.16. The van der Waals surface area contributed by atoms with Gasteiger partial charge in [-0.3, -0.25) is 4.79 Å². The van der Waals surface area contributed by atoms with E-state index >= 15 is 0 Å². The van der Waals surface area contributed by atoms with Gasteiger partial charge in [0.15, 0.2) is 0 Å². The molecule has 4 rings (SSSR count). The number of amides is 3. The summed E-state index contributed by atoms with van der Waals surface area (Å²) in [6.07, 6.45) is 4.56. The topological polar surface area (TPSA) is 70.7 Å². The molecule has 9 heteroatoms. The third-order valence-corrected chi connectivity index (χ3v) is 8.27. The van der Waals surface area contributed by atoms with Crippen molar-refractivity contribution in [1.29, 1.82) is 0 Å². The van der Waals surface area contributed by atoms with Crippen LogP contribution in [-0.2, 0) is 9.53 Å². The molecule has 0 bridgehead atoms. The monoisotopic (exact) mass is 509 g/mol. The fourth-order valence-electron chi connectivity index (χ4n) is 4.81. The Labute approximate surface area is 208 Å². The van der Waals surface area contributed by atoms with Crippen molar-refractivity contribution in [3.05, 3.63) is 50.6 Å². The van der Waals surface area contributed by atoms with Crippen molar-refractivity contribution in [2.24, 2.45) is 5.92 Å². The number of methoxy groups -OCH3 is 1. The number of halogens is 2. The van der Waals surface area contributed by atoms with E-state index in [9.17, 15) is 9.59 Å². The number of rotatable bonds is 5. The van der Waals surface area contributed by atoms with Gasteiger partial charge in [0.2, 0.25) is 5.91 Å². The molecular formula is C24H29Cl2N3O3S. The highest BCUT2D eigenvalue weighted by atomic mass is 35.5. The molecule has 2 aromatic rings. The van der Waals surface area contributed by atoms with E-state index in [1.54, 1.807) is 31.4 Å². The minimum Gasteiger partial charge on any atom is -0.381 e. The van der Waals surface area contributed by atoms with Gasteiger partial charge >= 0.3 is 6.03 Å². The molecule has 1 saturated carbocycles. The molecule has 2 fully saturated rings. The molecule has 2 atom stereocenters. The maximum atomic E-state index is 13.3. The number of anilines is 1. The van der Waals surface area contributed by atoms with Crippen LogP contribution in [0.4, 0.5) is 10.5 Å². The zero-order valence-electron chi connectivity index (χ0n) is 18.6. The Hall–Kier alpha value is -1.80. The van der Waals surface area contributed by atoms with Gasteiger partial charge in [0.05, 0.1) is 10.4 Å². The molecule has 33 heavy (non-hydrogen) atoms. The molecule has 2 N–H and O–H groups in total. The number of carbonyl (C=O) groups is 2. The Balaban J connectivity index is 1.42. The van der Waals surface area contributed by atoms with Crippen LogP contribution in [0.2, 0.25) is 9.36 Å². The molecule has 1 aromatic carbocycles. The number of ether oxygens (including phenoxy) is 1. The van der Waals surface area contributed by atoms with Gasteiger partial charge in [-0.2, -0.15) is 0 Å². The molecule has 3 amide bonds. The third-order valence-electron chi connectivity index (χ3n) is 6.66. The van der Waals surface area contributed by atoms with Gasteiger partial charge in [-0.05, 0) is 68.5 Å². The Bertz CT molecular complexity index is 960. The molecule has 1 aliphatic carbocycles. The summed E-state index contributed by atoms with van der Waals surface area (Å²) in [5, 5.41) is 6.60. The van der Waals surface area contributed by atoms with Crippen molar-refractivity contribution in [2.45, 2.75) is 50.2 Å². The largest absolute Gasteiger partial charge is 0.381 e. The first kappa shape index (κ1) is 24.3. The average Bonchev–Trinajstić information content (AvgIpc) is 3.26. The van der Waals surface area contributed by atoms with Gasteiger partial charge in [0.1, 0.15) is 0 Å². The Kier molecular flexibility index (Phi) is 8.17. The molecule has 2 unspecified atom stereocenters. The first-order valence-electron chi connectivity index (χ1n) is 11.3. The lowest BCUT2D eigenvalue weighted by molar-refractivity contribution is -0.138. The molecular weight excluding hydrogens is 481 g/mol. The smallest absolute Gasteiger partial charge is 0.319 e. The highest BCUT2D eigenvalue weighted by molar-refractivity contribution is 7.16. The van der Waals surface area contributed by atoms with Crippen LogP contribution in [0.1, 0.15) is 42.9 Å². The second-order valence-corrected chi connectivity index (χ2v) is 10.9. The lowest BCUT2D eigenvalue weighted by Gasteiger charge is -2.40. The molecule has 1 saturated heterocycles. The number of benzene rings is 1. The van der Waals surface area contributed by atoms with E-state index in [0.717, 1.165) is 30.6 Å². The van der Waals surface area contributed by atoms with E-state index in [1.165, 1.54) is 11.3 Å². The molecule has 1 aromatic heterocycles. The summed E-state index contributed by atoms with van der Waals surface area (Å²) < 4.78 is 6.16. The van der Waals surface area contributed by atoms with Crippen LogP contribution in [0, 0.1) is 5.92 Å². The van der Waals surface area contributed by atoms with Crippen molar-refractivity contribution in [3.8, 4) is 0 Å². The Morgan fingerprint density at radius 2 is 1.76 bits per heavy atom. The van der Waals surface area contributed by atoms with Gasteiger partial charge in [-0.25, -0.2) is 4.79 Å². The lowest BCUT2D eigenvalue weighted by atomic mass is 9.84. The average molecular weight is 510 g/mol. The van der Waals surface area contributed by atoms with Crippen molar-refractivity contribution in [2.75, 3.05) is 25.5 Å². The van der Waals surface area contributed by atoms with E-state index in [1.807, 2.05) is 17.0 Å². The highest BCUT2D eigenvalue weighted by Gasteiger charge is 2.37. The van der Waals surface area contributed by atoms with Crippen LogP contribution in [0.3, 0.4) is 0 Å². The standard InChI is InChI=1S/C24H29Cl2N3O3S/c1-32-18-8-2-15(3-9-18)23(30)29-13-12-20(19(14-29)21-10-11-22(26)33-21)28-24(31)27-17-6-4-16(25)5-7-17/h4-7,10-11,15,18-20H,2-3,8-9,12-14H2,1H3,(H2,27,28,31). The minimum absolute atomic E-state index is 0.00789. The Morgan fingerprint density at radius 3 is 2.39 bits per heavy atom. The summed E-state index contributed by atoms with van der Waals surface area (Å²) in [7, 11) is 1.74. The van der Waals surface area contributed by atoms with Crippen LogP contribution in [-0.4, -0.2) is 49.2 Å². The van der Waals surface area contributed by atoms with Crippen molar-refractivity contribution < 1.29 is 14.3 Å². The highest BCUT2D eigenvalue weighted by Crippen LogP contribution is 2.36. The molecule has 1 aliphatic heterocycles. The summed E-state index contributed by atoms with van der Waals surface area (Å²) in [5.74, 6) is 0.273. The molecule has 2 heterocycles. The van der Waals surface area contributed by atoms with Crippen molar-refractivity contribution in [3.63, 3.8) is 0 Å². The van der Waals surface area contributed by atoms with E-state index in [2.05, 4.69) is 10.6 Å². The second-order valence-electron chi connectivity index (χ2n) is 8.74. The number of hydrogen-bond donors (Lipinski definition) is 2. The minimum atomic E-state index is -0.271. The number of hydrogen-bond acceptors (Lipinski definition) is 4. The van der Waals surface area contributed by atoms with Crippen LogP contribution >= 0.6 is 34.5 Å². The third kappa shape index (κ3) is 6.21. The van der Waals surface area contributed by atoms with Crippen LogP contribution < -0.4 is 10.6 Å². The van der Waals surface area contributed by atoms with Gasteiger partial charge in [0, 0.05) is 53.7 Å². The number of nitrogens with one attached hydrogen (secondary N) is 2. The normalized spacial score (nSPS) is 25.5. The number of likely N-dealkylation sites (tertiary alicyclic amines) is 1. The maximum Gasteiger partial charge on any atom is 0.319 e. The number of thiophene rings is 1. The molecule has 2 aliphatic rings. The van der Waals surface area contributed by atoms with Gasteiger partial charge in [-0.1, -0.05) is 23.2 Å². The predicted octanol–water partition coefficient (Wildman–Crippen LogP) is 5.77. The summed E-state index contributed by atoms with van der Waals surface area (Å²) in [4.78, 5) is 29.0. The predicted molar refractivity (Wildman–Crippen MR) is 133 cm³/mol. The van der Waals surface area contributed by atoms with Crippen molar-refractivity contribution in [1.82, 2.24) is 10.2 Å². The SMILES string of the molecule is COC1CCC(C(=O)N2CCC(NC(=O)Nc3ccc(Cl)cc3)C(c3ccc(Cl)s3)C2)CC1. The molecule has 178 valence electrons. The van der Waals surface area contributed by atoms with E-state index in [4.69, 9.17) is 27.9 Å². The van der Waals surface area contributed by atoms with Crippen LogP contribution in [0.15, 0.2) is 36.4 Å². The zero-order valence-corrected chi connectivity index (χ0v) is 20.9. The molecule has 6 nitrogen and oxygen atoms in total. The molecule has 0 spiro atoms. The van der Waals surface area contributed by atoms with Crippen LogP contribution in [0.5, 0.6) is 0 Å². The fraction of sp³-hybridized carbons (Fsp3) is 0.500. The van der Waals surface area contributed by atoms with Gasteiger partial charge in [0.25, 0.3) is 0 Å². The summed E-state index contributed by atoms with van der Waals surface area (Å²) in [5.41, 5.74) is 0.673. The summed E-state index contributed by atoms with van der Waals surface area (Å²) in [6.45, 7) is 1.20. The first-order chi connectivity index (χ1) is 15.9. The summed E-state index contributed by atoms with van der Waals surface area (Å²) in [6, 6.07) is 10.5. The molecule has 0 radical (unpaired) electrons. The Morgan fingerprint density at radius 1 is 1.03 bits per heavy atom. The van der Waals surface area contributed by atoms with Gasteiger partial charge < -0.3 is 20.3 Å². The number of urea groups is 1. The maximum absolute atomic E-state index is 13.3. The number of nitrogens with zero attached hydrogens (tertiary/aromatic N) is 1. The van der Waals surface area contributed by atoms with E-state index in [0.29, 0.717) is 34.6 Å². The first-order valence-corrected chi connectivity index (χ1v) is 12.9. The van der Waals surface area contributed by atoms with E-state index in [-0.39, 0.29) is 35.9 Å². The summed E-state index contributed by atoms with van der Waals surface area (Å²) >= 11 is 13.7. The number of piperidine rings is 1.